The highest BCUT2D eigenvalue weighted by atomic mass is 16.2. The molecule has 4 nitrogen and oxygen atoms in total. The van der Waals surface area contributed by atoms with Gasteiger partial charge in [0.05, 0.1) is 6.54 Å². The van der Waals surface area contributed by atoms with Crippen molar-refractivity contribution in [1.29, 1.82) is 0 Å². The molecule has 1 aliphatic heterocycles. The molecular formula is C13H27N3O. The summed E-state index contributed by atoms with van der Waals surface area (Å²) in [4.78, 5) is 14.2. The Hall–Kier alpha value is -0.610. The second-order valence-corrected chi connectivity index (χ2v) is 5.20. The van der Waals surface area contributed by atoms with Gasteiger partial charge in [0.15, 0.2) is 0 Å². The highest BCUT2D eigenvalue weighted by Crippen LogP contribution is 2.13. The molecule has 2 N–H and O–H groups in total. The molecule has 0 aromatic carbocycles. The Labute approximate surface area is 105 Å². The summed E-state index contributed by atoms with van der Waals surface area (Å²) in [6.07, 6.45) is 3.10. The number of hydrogen-bond donors (Lipinski definition) is 2. The van der Waals surface area contributed by atoms with Crippen LogP contribution in [0.15, 0.2) is 0 Å². The van der Waals surface area contributed by atoms with Crippen molar-refractivity contribution in [3.63, 3.8) is 0 Å². The van der Waals surface area contributed by atoms with Crippen molar-refractivity contribution in [3.05, 3.63) is 0 Å². The van der Waals surface area contributed by atoms with E-state index in [4.69, 9.17) is 0 Å². The minimum Gasteiger partial charge on any atom is -0.350 e. The molecular weight excluding hydrogens is 214 g/mol. The maximum Gasteiger partial charge on any atom is 0.234 e. The van der Waals surface area contributed by atoms with E-state index in [2.05, 4.69) is 36.3 Å². The highest BCUT2D eigenvalue weighted by Gasteiger charge is 2.23. The summed E-state index contributed by atoms with van der Waals surface area (Å²) in [6.45, 7) is 11.0. The minimum atomic E-state index is -0.0405. The number of carbonyl (C=O) groups is 1. The first kappa shape index (κ1) is 14.5. The monoisotopic (exact) mass is 241 g/mol. The third kappa shape index (κ3) is 5.04. The molecule has 0 atom stereocenters. The zero-order valence-corrected chi connectivity index (χ0v) is 11.5. The van der Waals surface area contributed by atoms with Crippen LogP contribution in [0.1, 0.15) is 40.0 Å². The van der Waals surface area contributed by atoms with Crippen molar-refractivity contribution in [3.8, 4) is 0 Å². The summed E-state index contributed by atoms with van der Waals surface area (Å²) < 4.78 is 0. The lowest BCUT2D eigenvalue weighted by molar-refractivity contribution is -0.124. The molecule has 0 aromatic rings. The maximum atomic E-state index is 12.0. The summed E-state index contributed by atoms with van der Waals surface area (Å²) >= 11 is 0. The lowest BCUT2D eigenvalue weighted by Gasteiger charge is -2.29. The first-order valence-corrected chi connectivity index (χ1v) is 6.83. The van der Waals surface area contributed by atoms with Crippen molar-refractivity contribution in [2.24, 2.45) is 0 Å². The third-order valence-corrected chi connectivity index (χ3v) is 3.80. The van der Waals surface area contributed by atoms with Crippen LogP contribution in [0.5, 0.6) is 0 Å². The maximum absolute atomic E-state index is 12.0. The van der Waals surface area contributed by atoms with E-state index >= 15 is 0 Å². The number of hydrogen-bond acceptors (Lipinski definition) is 3. The lowest BCUT2D eigenvalue weighted by Crippen LogP contribution is -2.49. The molecule has 0 saturated carbocycles. The van der Waals surface area contributed by atoms with Gasteiger partial charge in [-0.25, -0.2) is 0 Å². The molecule has 1 rings (SSSR count). The normalized spacial score (nSPS) is 18.8. The Morgan fingerprint density at radius 2 is 2.00 bits per heavy atom. The van der Waals surface area contributed by atoms with Gasteiger partial charge in [0.2, 0.25) is 5.91 Å². The van der Waals surface area contributed by atoms with E-state index in [0.717, 1.165) is 45.4 Å². The third-order valence-electron chi connectivity index (χ3n) is 3.80. The minimum absolute atomic E-state index is 0.0405. The van der Waals surface area contributed by atoms with Crippen LogP contribution < -0.4 is 10.6 Å². The Bertz CT molecular complexity index is 231. The van der Waals surface area contributed by atoms with Gasteiger partial charge in [-0.3, -0.25) is 9.69 Å². The standard InChI is InChI=1S/C13H27N3O/c1-4-13(3,5-2)15-12(17)11-16-9-6-7-14-8-10-16/h14H,4-11H2,1-3H3,(H,15,17). The summed E-state index contributed by atoms with van der Waals surface area (Å²) in [7, 11) is 0. The fourth-order valence-electron chi connectivity index (χ4n) is 2.07. The van der Waals surface area contributed by atoms with Crippen LogP contribution in [-0.4, -0.2) is 49.1 Å². The van der Waals surface area contributed by atoms with Crippen molar-refractivity contribution in [2.45, 2.75) is 45.6 Å². The Balaban J connectivity index is 2.37. The van der Waals surface area contributed by atoms with Gasteiger partial charge in [-0.15, -0.1) is 0 Å². The predicted molar refractivity (Wildman–Crippen MR) is 71.1 cm³/mol. The molecule has 0 radical (unpaired) electrons. The SMILES string of the molecule is CCC(C)(CC)NC(=O)CN1CCCNCC1. The molecule has 1 heterocycles. The van der Waals surface area contributed by atoms with Crippen LogP contribution in [0.2, 0.25) is 0 Å². The van der Waals surface area contributed by atoms with Gasteiger partial charge in [0.25, 0.3) is 0 Å². The molecule has 0 aliphatic carbocycles. The van der Waals surface area contributed by atoms with Crippen molar-refractivity contribution in [1.82, 2.24) is 15.5 Å². The average Bonchev–Trinajstić information content (AvgIpc) is 2.57. The molecule has 0 bridgehead atoms. The molecule has 1 amide bonds. The largest absolute Gasteiger partial charge is 0.350 e. The van der Waals surface area contributed by atoms with Gasteiger partial charge in [-0.1, -0.05) is 13.8 Å². The smallest absolute Gasteiger partial charge is 0.234 e. The Morgan fingerprint density at radius 1 is 1.29 bits per heavy atom. The second kappa shape index (κ2) is 6.97. The highest BCUT2D eigenvalue weighted by molar-refractivity contribution is 5.78. The van der Waals surface area contributed by atoms with Gasteiger partial charge >= 0.3 is 0 Å². The number of carbonyl (C=O) groups excluding carboxylic acids is 1. The Kier molecular flexibility index (Phi) is 5.92. The number of nitrogens with one attached hydrogen (secondary N) is 2. The molecule has 0 unspecified atom stereocenters. The quantitative estimate of drug-likeness (QED) is 0.754. The predicted octanol–water partition coefficient (Wildman–Crippen LogP) is 0.977. The van der Waals surface area contributed by atoms with Gasteiger partial charge < -0.3 is 10.6 Å². The van der Waals surface area contributed by atoms with Crippen molar-refractivity contribution < 1.29 is 4.79 Å². The van der Waals surface area contributed by atoms with Crippen LogP contribution in [0.3, 0.4) is 0 Å². The molecule has 100 valence electrons. The molecule has 1 aliphatic rings. The summed E-state index contributed by atoms with van der Waals surface area (Å²) in [5.74, 6) is 0.165. The zero-order valence-electron chi connectivity index (χ0n) is 11.5. The van der Waals surface area contributed by atoms with E-state index in [1.165, 1.54) is 0 Å². The Morgan fingerprint density at radius 3 is 2.65 bits per heavy atom. The molecule has 17 heavy (non-hydrogen) atoms. The summed E-state index contributed by atoms with van der Waals surface area (Å²) in [5.41, 5.74) is -0.0405. The van der Waals surface area contributed by atoms with Gasteiger partial charge in [0.1, 0.15) is 0 Å². The topological polar surface area (TPSA) is 44.4 Å². The summed E-state index contributed by atoms with van der Waals surface area (Å²) in [6, 6.07) is 0. The van der Waals surface area contributed by atoms with Gasteiger partial charge in [-0.2, -0.15) is 0 Å². The fraction of sp³-hybridized carbons (Fsp3) is 0.923. The zero-order chi connectivity index (χ0) is 12.7. The van der Waals surface area contributed by atoms with Crippen molar-refractivity contribution in [2.75, 3.05) is 32.7 Å². The van der Waals surface area contributed by atoms with E-state index in [1.807, 2.05) is 0 Å². The van der Waals surface area contributed by atoms with E-state index in [9.17, 15) is 4.79 Å². The van der Waals surface area contributed by atoms with Crippen molar-refractivity contribution >= 4 is 5.91 Å². The lowest BCUT2D eigenvalue weighted by atomic mass is 9.95. The van der Waals surface area contributed by atoms with Crippen LogP contribution >= 0.6 is 0 Å². The van der Waals surface area contributed by atoms with E-state index in [1.54, 1.807) is 0 Å². The second-order valence-electron chi connectivity index (χ2n) is 5.20. The van der Waals surface area contributed by atoms with E-state index in [0.29, 0.717) is 6.54 Å². The fourth-order valence-corrected chi connectivity index (χ4v) is 2.07. The molecule has 0 spiro atoms. The first-order chi connectivity index (χ1) is 8.09. The number of amides is 1. The average molecular weight is 241 g/mol. The van der Waals surface area contributed by atoms with Crippen LogP contribution in [0.4, 0.5) is 0 Å². The van der Waals surface area contributed by atoms with E-state index in [-0.39, 0.29) is 11.4 Å². The van der Waals surface area contributed by atoms with E-state index < -0.39 is 0 Å². The molecule has 0 aromatic heterocycles. The van der Waals surface area contributed by atoms with Gasteiger partial charge in [0, 0.05) is 18.6 Å². The number of nitrogens with zero attached hydrogens (tertiary/aromatic N) is 1. The van der Waals surface area contributed by atoms with Crippen LogP contribution in [0, 0.1) is 0 Å². The van der Waals surface area contributed by atoms with Crippen LogP contribution in [-0.2, 0) is 4.79 Å². The first-order valence-electron chi connectivity index (χ1n) is 6.83. The van der Waals surface area contributed by atoms with Crippen LogP contribution in [0.25, 0.3) is 0 Å². The molecule has 1 saturated heterocycles. The summed E-state index contributed by atoms with van der Waals surface area (Å²) in [5, 5.41) is 6.51. The molecule has 1 fully saturated rings. The number of rotatable bonds is 5. The molecule has 4 heteroatoms. The van der Waals surface area contributed by atoms with Gasteiger partial charge in [-0.05, 0) is 39.3 Å².